The number of ether oxygens (including phenoxy) is 1. The fraction of sp³-hybridized carbons (Fsp3) is 0.0476. The van der Waals surface area contributed by atoms with Crippen molar-refractivity contribution in [2.24, 2.45) is 0 Å². The van der Waals surface area contributed by atoms with Gasteiger partial charge in [-0.2, -0.15) is 0 Å². The smallest absolute Gasteiger partial charge is 0.263 e. The normalized spacial score (nSPS) is 11.1. The molecule has 0 spiro atoms. The zero-order valence-electron chi connectivity index (χ0n) is 17.2. The average molecular weight is 504 g/mol. The van der Waals surface area contributed by atoms with Crippen molar-refractivity contribution < 1.29 is 17.9 Å². The van der Waals surface area contributed by atoms with Crippen LogP contribution in [0.4, 0.5) is 11.5 Å². The molecule has 2 aromatic carbocycles. The molecule has 9 nitrogen and oxygen atoms in total. The molecule has 0 fully saturated rings. The SMILES string of the molecule is COc1nccnc1NS(=O)(=O)c1ccc(NC(=S)NC(=O)/C=C/c2ccc(Cl)cc2)cc1. The molecule has 33 heavy (non-hydrogen) atoms. The first-order chi connectivity index (χ1) is 15.8. The summed E-state index contributed by atoms with van der Waals surface area (Å²) >= 11 is 11.0. The van der Waals surface area contributed by atoms with E-state index in [0.29, 0.717) is 10.7 Å². The third-order valence-corrected chi connectivity index (χ3v) is 5.86. The molecular formula is C21H18ClN5O4S2. The van der Waals surface area contributed by atoms with Crippen LogP contribution in [0.1, 0.15) is 5.56 Å². The van der Waals surface area contributed by atoms with Crippen LogP contribution in [0, 0.1) is 0 Å². The van der Waals surface area contributed by atoms with E-state index < -0.39 is 15.9 Å². The molecular weight excluding hydrogens is 486 g/mol. The monoisotopic (exact) mass is 503 g/mol. The number of sulfonamides is 1. The van der Waals surface area contributed by atoms with Crippen molar-refractivity contribution >= 4 is 62.4 Å². The van der Waals surface area contributed by atoms with Gasteiger partial charge in [-0.25, -0.2) is 18.4 Å². The van der Waals surface area contributed by atoms with Gasteiger partial charge in [-0.05, 0) is 60.3 Å². The Labute approximate surface area is 200 Å². The van der Waals surface area contributed by atoms with Crippen LogP contribution in [0.15, 0.2) is 71.9 Å². The first kappa shape index (κ1) is 24.1. The third kappa shape index (κ3) is 6.97. The highest BCUT2D eigenvalue weighted by molar-refractivity contribution is 7.92. The van der Waals surface area contributed by atoms with E-state index in [1.165, 1.54) is 49.8 Å². The van der Waals surface area contributed by atoms with E-state index in [-0.39, 0.29) is 21.7 Å². The van der Waals surface area contributed by atoms with Crippen molar-refractivity contribution in [3.05, 3.63) is 77.6 Å². The molecule has 0 unspecified atom stereocenters. The van der Waals surface area contributed by atoms with E-state index in [4.69, 9.17) is 28.6 Å². The van der Waals surface area contributed by atoms with E-state index in [1.54, 1.807) is 30.3 Å². The lowest BCUT2D eigenvalue weighted by Gasteiger charge is -2.11. The number of benzene rings is 2. The molecule has 0 saturated heterocycles. The molecule has 0 aliphatic rings. The zero-order valence-corrected chi connectivity index (χ0v) is 19.5. The molecule has 1 amide bonds. The van der Waals surface area contributed by atoms with Gasteiger partial charge in [0.05, 0.1) is 12.0 Å². The first-order valence-corrected chi connectivity index (χ1v) is 11.6. The van der Waals surface area contributed by atoms with Gasteiger partial charge in [0.2, 0.25) is 11.7 Å². The summed E-state index contributed by atoms with van der Waals surface area (Å²) in [6, 6.07) is 12.7. The number of hydrogen-bond donors (Lipinski definition) is 3. The van der Waals surface area contributed by atoms with Crippen molar-refractivity contribution in [1.82, 2.24) is 15.3 Å². The molecule has 0 aliphatic heterocycles. The molecule has 3 aromatic rings. The summed E-state index contributed by atoms with van der Waals surface area (Å²) in [6.07, 6.45) is 5.67. The van der Waals surface area contributed by atoms with Crippen LogP contribution >= 0.6 is 23.8 Å². The summed E-state index contributed by atoms with van der Waals surface area (Å²) < 4.78 is 32.5. The summed E-state index contributed by atoms with van der Waals surface area (Å²) in [5.74, 6) is -0.410. The number of nitrogens with one attached hydrogen (secondary N) is 3. The molecule has 1 aromatic heterocycles. The third-order valence-electron chi connectivity index (χ3n) is 4.05. The second-order valence-electron chi connectivity index (χ2n) is 6.37. The van der Waals surface area contributed by atoms with Crippen LogP contribution in [0.2, 0.25) is 5.02 Å². The summed E-state index contributed by atoms with van der Waals surface area (Å²) in [5, 5.41) is 5.98. The van der Waals surface area contributed by atoms with Crippen molar-refractivity contribution in [2.45, 2.75) is 4.90 Å². The largest absolute Gasteiger partial charge is 0.478 e. The standard InChI is InChI=1S/C21H18ClN5O4S2/c1-31-20-19(23-12-13-24-20)27-33(29,30)17-9-7-16(8-10-17)25-21(32)26-18(28)11-4-14-2-5-15(22)6-3-14/h2-13H,1H3,(H,23,27)(H2,25,26,28,32)/b11-4+. The maximum absolute atomic E-state index is 12.6. The van der Waals surface area contributed by atoms with E-state index >= 15 is 0 Å². The van der Waals surface area contributed by atoms with Gasteiger partial charge in [0.15, 0.2) is 5.11 Å². The van der Waals surface area contributed by atoms with Crippen LogP contribution in [-0.4, -0.2) is 36.5 Å². The van der Waals surface area contributed by atoms with Gasteiger partial charge < -0.3 is 10.1 Å². The average Bonchev–Trinajstić information content (AvgIpc) is 2.79. The van der Waals surface area contributed by atoms with Gasteiger partial charge >= 0.3 is 0 Å². The lowest BCUT2D eigenvalue weighted by Crippen LogP contribution is -2.32. The van der Waals surface area contributed by atoms with Gasteiger partial charge in [-0.3, -0.25) is 14.8 Å². The van der Waals surface area contributed by atoms with Crippen molar-refractivity contribution in [2.75, 3.05) is 17.1 Å². The summed E-state index contributed by atoms with van der Waals surface area (Å²) in [4.78, 5) is 19.8. The van der Waals surface area contributed by atoms with Gasteiger partial charge in [0.25, 0.3) is 15.9 Å². The molecule has 0 radical (unpaired) electrons. The number of rotatable bonds is 7. The number of anilines is 2. The van der Waals surface area contributed by atoms with E-state index in [2.05, 4.69) is 25.3 Å². The van der Waals surface area contributed by atoms with E-state index in [9.17, 15) is 13.2 Å². The van der Waals surface area contributed by atoms with Crippen molar-refractivity contribution in [3.8, 4) is 5.88 Å². The minimum atomic E-state index is -3.93. The Morgan fingerprint density at radius 3 is 2.39 bits per heavy atom. The number of halogens is 1. The lowest BCUT2D eigenvalue weighted by molar-refractivity contribution is -0.115. The Morgan fingerprint density at radius 2 is 1.73 bits per heavy atom. The number of carbonyl (C=O) groups excluding carboxylic acids is 1. The predicted molar refractivity (Wildman–Crippen MR) is 131 cm³/mol. The maximum Gasteiger partial charge on any atom is 0.263 e. The maximum atomic E-state index is 12.6. The van der Waals surface area contributed by atoms with Gasteiger partial charge in [-0.1, -0.05) is 23.7 Å². The number of hydrogen-bond acceptors (Lipinski definition) is 7. The molecule has 3 N–H and O–H groups in total. The molecule has 0 saturated carbocycles. The van der Waals surface area contributed by atoms with E-state index in [1.807, 2.05) is 0 Å². The van der Waals surface area contributed by atoms with Crippen LogP contribution in [-0.2, 0) is 14.8 Å². The molecule has 170 valence electrons. The summed E-state index contributed by atoms with van der Waals surface area (Å²) in [5.41, 5.74) is 1.29. The molecule has 3 rings (SSSR count). The minimum absolute atomic E-state index is 0.0124. The molecule has 0 aliphatic carbocycles. The van der Waals surface area contributed by atoms with E-state index in [0.717, 1.165) is 5.56 Å². The van der Waals surface area contributed by atoms with Gasteiger partial charge in [0, 0.05) is 29.2 Å². The molecule has 0 bridgehead atoms. The summed E-state index contributed by atoms with van der Waals surface area (Å²) in [7, 11) is -2.57. The minimum Gasteiger partial charge on any atom is -0.478 e. The van der Waals surface area contributed by atoms with Crippen LogP contribution < -0.4 is 20.1 Å². The highest BCUT2D eigenvalue weighted by atomic mass is 35.5. The highest BCUT2D eigenvalue weighted by Crippen LogP contribution is 2.22. The number of carbonyl (C=O) groups is 1. The fourth-order valence-corrected chi connectivity index (χ4v) is 3.86. The predicted octanol–water partition coefficient (Wildman–Crippen LogP) is 3.47. The van der Waals surface area contributed by atoms with Crippen molar-refractivity contribution in [3.63, 3.8) is 0 Å². The van der Waals surface area contributed by atoms with Gasteiger partial charge in [-0.15, -0.1) is 0 Å². The number of aromatic nitrogens is 2. The quantitative estimate of drug-likeness (QED) is 0.331. The fourth-order valence-electron chi connectivity index (χ4n) is 2.51. The Morgan fingerprint density at radius 1 is 1.06 bits per heavy atom. The number of amides is 1. The molecule has 1 heterocycles. The highest BCUT2D eigenvalue weighted by Gasteiger charge is 2.18. The van der Waals surface area contributed by atoms with Crippen molar-refractivity contribution in [1.29, 1.82) is 0 Å². The van der Waals surface area contributed by atoms with Crippen LogP contribution in [0.5, 0.6) is 5.88 Å². The number of thiocarbonyl (C=S) groups is 1. The summed E-state index contributed by atoms with van der Waals surface area (Å²) in [6.45, 7) is 0. The zero-order chi connectivity index (χ0) is 23.8. The molecule has 0 atom stereocenters. The lowest BCUT2D eigenvalue weighted by atomic mass is 10.2. The Hall–Kier alpha value is -3.54. The number of methoxy groups -OCH3 is 1. The second-order valence-corrected chi connectivity index (χ2v) is 8.90. The second kappa shape index (κ2) is 10.9. The molecule has 12 heteroatoms. The van der Waals surface area contributed by atoms with Crippen LogP contribution in [0.3, 0.4) is 0 Å². The Kier molecular flexibility index (Phi) is 7.93. The first-order valence-electron chi connectivity index (χ1n) is 9.30. The Balaban J connectivity index is 1.58. The topological polar surface area (TPSA) is 122 Å². The Bertz CT molecular complexity index is 1280. The number of nitrogens with zero attached hydrogens (tertiary/aromatic N) is 2. The van der Waals surface area contributed by atoms with Gasteiger partial charge in [0.1, 0.15) is 0 Å². The van der Waals surface area contributed by atoms with Crippen LogP contribution in [0.25, 0.3) is 6.08 Å².